The zero-order chi connectivity index (χ0) is 17.3. The van der Waals surface area contributed by atoms with Crippen molar-refractivity contribution in [2.24, 2.45) is 0 Å². The van der Waals surface area contributed by atoms with E-state index in [4.69, 9.17) is 14.1 Å². The smallest absolute Gasteiger partial charge is 0.267 e. The van der Waals surface area contributed by atoms with Gasteiger partial charge in [0.1, 0.15) is 16.8 Å². The Bertz CT molecular complexity index is 1200. The lowest BCUT2D eigenvalue weighted by Crippen LogP contribution is -1.94. The van der Waals surface area contributed by atoms with Gasteiger partial charge in [-0.25, -0.2) is 4.98 Å². The Kier molecular flexibility index (Phi) is 3.39. The van der Waals surface area contributed by atoms with Crippen molar-refractivity contribution >= 4 is 22.1 Å². The Morgan fingerprint density at radius 2 is 1.38 bits per heavy atom. The first-order valence-electron chi connectivity index (χ1n) is 8.36. The zero-order valence-corrected chi connectivity index (χ0v) is 13.8. The fraction of sp³-hybridized carbons (Fsp3) is 0. The van der Waals surface area contributed by atoms with Crippen LogP contribution in [0.2, 0.25) is 0 Å². The third-order valence-electron chi connectivity index (χ3n) is 4.18. The van der Waals surface area contributed by atoms with Crippen molar-refractivity contribution in [3.63, 3.8) is 0 Å². The number of benzene rings is 3. The van der Waals surface area contributed by atoms with Crippen LogP contribution in [0, 0.1) is 0 Å². The molecule has 0 saturated heterocycles. The maximum Gasteiger partial charge on any atom is 0.267 e. The largest absolute Gasteiger partial charge is 0.449 e. The predicted octanol–water partition coefficient (Wildman–Crippen LogP) is 5.84. The molecule has 0 saturated carbocycles. The van der Waals surface area contributed by atoms with E-state index in [2.05, 4.69) is 4.98 Å². The topological polar surface area (TPSA) is 48.2 Å². The van der Waals surface area contributed by atoms with Crippen LogP contribution in [-0.2, 0) is 0 Å². The fourth-order valence-electron chi connectivity index (χ4n) is 2.95. The zero-order valence-electron chi connectivity index (χ0n) is 13.8. The summed E-state index contributed by atoms with van der Waals surface area (Å²) in [4.78, 5) is 9.39. The van der Waals surface area contributed by atoms with Crippen molar-refractivity contribution in [3.8, 4) is 23.0 Å². The van der Waals surface area contributed by atoms with Crippen LogP contribution >= 0.6 is 0 Å². The van der Waals surface area contributed by atoms with E-state index in [9.17, 15) is 0 Å². The Balaban J connectivity index is 1.78. The van der Waals surface area contributed by atoms with Gasteiger partial charge in [-0.3, -0.25) is 0 Å². The van der Waals surface area contributed by atoms with Crippen molar-refractivity contribution in [1.29, 1.82) is 0 Å². The van der Waals surface area contributed by atoms with E-state index in [1.54, 1.807) is 0 Å². The summed E-state index contributed by atoms with van der Waals surface area (Å²) in [6, 6.07) is 27.3. The van der Waals surface area contributed by atoms with Gasteiger partial charge < -0.3 is 9.15 Å². The van der Waals surface area contributed by atoms with Crippen molar-refractivity contribution in [3.05, 3.63) is 84.9 Å². The van der Waals surface area contributed by atoms with E-state index >= 15 is 0 Å². The standard InChI is InChI=1S/C22H14N2O2/c1-3-9-15(10-4-1)21-23-19-17-13-7-8-14-18(17)26-20(19)22(24-21)25-16-11-5-2-6-12-16/h1-14H. The van der Waals surface area contributed by atoms with Crippen LogP contribution < -0.4 is 4.74 Å². The van der Waals surface area contributed by atoms with Gasteiger partial charge in [0.2, 0.25) is 5.58 Å². The summed E-state index contributed by atoms with van der Waals surface area (Å²) in [6.07, 6.45) is 0. The monoisotopic (exact) mass is 338 g/mol. The van der Waals surface area contributed by atoms with Crippen molar-refractivity contribution in [1.82, 2.24) is 9.97 Å². The molecule has 124 valence electrons. The second kappa shape index (κ2) is 6.01. The molecule has 0 bridgehead atoms. The molecular weight excluding hydrogens is 324 g/mol. The fourth-order valence-corrected chi connectivity index (χ4v) is 2.95. The third-order valence-corrected chi connectivity index (χ3v) is 4.18. The number of para-hydroxylation sites is 2. The highest BCUT2D eigenvalue weighted by Crippen LogP contribution is 2.36. The molecule has 5 rings (SSSR count). The molecule has 3 aromatic carbocycles. The molecule has 0 aliphatic carbocycles. The molecule has 0 radical (unpaired) electrons. The van der Waals surface area contributed by atoms with Crippen LogP contribution in [0.15, 0.2) is 89.3 Å². The minimum atomic E-state index is 0.413. The highest BCUT2D eigenvalue weighted by molar-refractivity contribution is 6.04. The number of fused-ring (bicyclic) bond motifs is 3. The number of hydrogen-bond donors (Lipinski definition) is 0. The summed E-state index contributed by atoms with van der Waals surface area (Å²) in [5.74, 6) is 1.72. The van der Waals surface area contributed by atoms with Gasteiger partial charge in [-0.1, -0.05) is 60.7 Å². The highest BCUT2D eigenvalue weighted by atomic mass is 16.5. The lowest BCUT2D eigenvalue weighted by Gasteiger charge is -2.07. The Morgan fingerprint density at radius 3 is 2.19 bits per heavy atom. The minimum Gasteiger partial charge on any atom is -0.449 e. The van der Waals surface area contributed by atoms with E-state index in [1.807, 2.05) is 84.9 Å². The Hall–Kier alpha value is -3.66. The molecule has 5 aromatic rings. The molecule has 2 aromatic heterocycles. The van der Waals surface area contributed by atoms with Gasteiger partial charge >= 0.3 is 0 Å². The van der Waals surface area contributed by atoms with Gasteiger partial charge in [0.25, 0.3) is 5.88 Å². The summed E-state index contributed by atoms with van der Waals surface area (Å²) in [6.45, 7) is 0. The van der Waals surface area contributed by atoms with Gasteiger partial charge in [0.15, 0.2) is 5.82 Å². The SMILES string of the molecule is c1ccc(Oc2nc(-c3ccccc3)nc3c2oc2ccccc23)cc1. The van der Waals surface area contributed by atoms with Gasteiger partial charge in [0, 0.05) is 10.9 Å². The maximum absolute atomic E-state index is 6.04. The van der Waals surface area contributed by atoms with Crippen LogP contribution in [0.3, 0.4) is 0 Å². The average Bonchev–Trinajstić information content (AvgIpc) is 3.09. The number of aromatic nitrogens is 2. The second-order valence-corrected chi connectivity index (χ2v) is 5.91. The van der Waals surface area contributed by atoms with Gasteiger partial charge in [-0.15, -0.1) is 0 Å². The van der Waals surface area contributed by atoms with E-state index in [-0.39, 0.29) is 0 Å². The normalized spacial score (nSPS) is 11.1. The summed E-state index contributed by atoms with van der Waals surface area (Å²) in [7, 11) is 0. The molecular formula is C22H14N2O2. The molecule has 2 heterocycles. The van der Waals surface area contributed by atoms with E-state index in [0.717, 1.165) is 22.0 Å². The first kappa shape index (κ1) is 14.7. The molecule has 0 unspecified atom stereocenters. The quantitative estimate of drug-likeness (QED) is 0.415. The number of rotatable bonds is 3. The number of nitrogens with zero attached hydrogens (tertiary/aromatic N) is 2. The first-order valence-corrected chi connectivity index (χ1v) is 8.36. The molecule has 4 heteroatoms. The number of hydrogen-bond acceptors (Lipinski definition) is 4. The molecule has 0 aliphatic rings. The van der Waals surface area contributed by atoms with Gasteiger partial charge in [0.05, 0.1) is 0 Å². The summed E-state index contributed by atoms with van der Waals surface area (Å²) in [5.41, 5.74) is 2.99. The highest BCUT2D eigenvalue weighted by Gasteiger charge is 2.18. The number of furan rings is 1. The molecule has 0 N–H and O–H groups in total. The molecule has 0 amide bonds. The molecule has 0 fully saturated rings. The van der Waals surface area contributed by atoms with E-state index < -0.39 is 0 Å². The summed E-state index contributed by atoms with van der Waals surface area (Å²) in [5, 5.41) is 0.944. The van der Waals surface area contributed by atoms with Crippen molar-refractivity contribution in [2.45, 2.75) is 0 Å². The summed E-state index contributed by atoms with van der Waals surface area (Å²) < 4.78 is 12.0. The third kappa shape index (κ3) is 2.48. The van der Waals surface area contributed by atoms with Gasteiger partial charge in [-0.05, 0) is 24.3 Å². The van der Waals surface area contributed by atoms with Crippen molar-refractivity contribution in [2.75, 3.05) is 0 Å². The molecule has 0 aliphatic heterocycles. The minimum absolute atomic E-state index is 0.413. The van der Waals surface area contributed by atoms with E-state index in [0.29, 0.717) is 23.0 Å². The molecule has 4 nitrogen and oxygen atoms in total. The van der Waals surface area contributed by atoms with Crippen LogP contribution in [0.5, 0.6) is 11.6 Å². The molecule has 26 heavy (non-hydrogen) atoms. The maximum atomic E-state index is 6.04. The van der Waals surface area contributed by atoms with Crippen LogP contribution in [0.1, 0.15) is 0 Å². The average molecular weight is 338 g/mol. The lowest BCUT2D eigenvalue weighted by molar-refractivity contribution is 0.457. The summed E-state index contributed by atoms with van der Waals surface area (Å²) >= 11 is 0. The van der Waals surface area contributed by atoms with Crippen molar-refractivity contribution < 1.29 is 9.15 Å². The molecule has 0 spiro atoms. The Labute approximate surface area is 149 Å². The van der Waals surface area contributed by atoms with Gasteiger partial charge in [-0.2, -0.15) is 4.98 Å². The van der Waals surface area contributed by atoms with E-state index in [1.165, 1.54) is 0 Å². The van der Waals surface area contributed by atoms with Crippen LogP contribution in [0.25, 0.3) is 33.5 Å². The van der Waals surface area contributed by atoms with Crippen LogP contribution in [-0.4, -0.2) is 9.97 Å². The number of ether oxygens (including phenoxy) is 1. The predicted molar refractivity (Wildman–Crippen MR) is 101 cm³/mol. The molecule has 0 atom stereocenters. The van der Waals surface area contributed by atoms with Crippen LogP contribution in [0.4, 0.5) is 0 Å². The first-order chi connectivity index (χ1) is 12.9. The second-order valence-electron chi connectivity index (χ2n) is 5.91. The Morgan fingerprint density at radius 1 is 0.692 bits per heavy atom. The lowest BCUT2D eigenvalue weighted by atomic mass is 10.2.